The summed E-state index contributed by atoms with van der Waals surface area (Å²) >= 11 is 1.50. The van der Waals surface area contributed by atoms with Crippen LogP contribution in [0.1, 0.15) is 12.7 Å². The Morgan fingerprint density at radius 2 is 2.29 bits per heavy atom. The van der Waals surface area contributed by atoms with Crippen LogP contribution in [0.2, 0.25) is 0 Å². The van der Waals surface area contributed by atoms with E-state index in [0.29, 0.717) is 22.8 Å². The highest BCUT2D eigenvalue weighted by molar-refractivity contribution is 7.98. The number of hydrogen-bond donors (Lipinski definition) is 1. The molecule has 108 valence electrons. The van der Waals surface area contributed by atoms with E-state index in [4.69, 9.17) is 4.42 Å². The third-order valence-corrected chi connectivity index (χ3v) is 3.47. The molecule has 1 N–H and O–H groups in total. The second kappa shape index (κ2) is 6.40. The molecule has 0 aliphatic rings. The van der Waals surface area contributed by atoms with Gasteiger partial charge in [0.05, 0.1) is 12.0 Å². The molecular weight excluding hydrogens is 288 g/mol. The van der Waals surface area contributed by atoms with Gasteiger partial charge < -0.3 is 9.73 Å². The van der Waals surface area contributed by atoms with Crippen molar-refractivity contribution in [2.75, 3.05) is 11.9 Å². The first-order valence-electron chi connectivity index (χ1n) is 6.48. The number of thioether (sulfide) groups is 1. The Bertz CT molecular complexity index is 683. The molecule has 0 aromatic carbocycles. The van der Waals surface area contributed by atoms with E-state index in [9.17, 15) is 0 Å². The Hall–Kier alpha value is -2.35. The van der Waals surface area contributed by atoms with Crippen LogP contribution in [0.25, 0.3) is 5.95 Å². The average Bonchev–Trinajstić information content (AvgIpc) is 3.19. The number of nitrogens with one attached hydrogen (secondary N) is 1. The van der Waals surface area contributed by atoms with Crippen molar-refractivity contribution in [3.63, 3.8) is 0 Å². The van der Waals surface area contributed by atoms with Crippen molar-refractivity contribution in [2.24, 2.45) is 0 Å². The summed E-state index contributed by atoms with van der Waals surface area (Å²) in [7, 11) is 0. The molecule has 0 radical (unpaired) electrons. The molecule has 0 spiro atoms. The summed E-state index contributed by atoms with van der Waals surface area (Å²) in [6, 6.07) is 3.79. The van der Waals surface area contributed by atoms with Crippen molar-refractivity contribution in [3.05, 3.63) is 42.9 Å². The molecule has 3 aromatic heterocycles. The average molecular weight is 302 g/mol. The Morgan fingerprint density at radius 1 is 1.33 bits per heavy atom. The Balaban J connectivity index is 1.84. The highest BCUT2D eigenvalue weighted by Crippen LogP contribution is 2.21. The first kappa shape index (κ1) is 13.6. The Kier molecular flexibility index (Phi) is 4.15. The van der Waals surface area contributed by atoms with Gasteiger partial charge >= 0.3 is 0 Å². The van der Waals surface area contributed by atoms with Gasteiger partial charge in [0.25, 0.3) is 0 Å². The standard InChI is InChI=1S/C13H14N6OS/c1-2-15-11-16-12(19-6-5-14-9-19)18-13(17-11)21-8-10-4-3-7-20-10/h3-7,9H,2,8H2,1H3,(H,15,16,17,18). The normalized spacial score (nSPS) is 10.7. The van der Waals surface area contributed by atoms with Crippen molar-refractivity contribution in [1.29, 1.82) is 0 Å². The minimum absolute atomic E-state index is 0.542. The van der Waals surface area contributed by atoms with Crippen LogP contribution in [0.5, 0.6) is 0 Å². The third kappa shape index (κ3) is 3.40. The smallest absolute Gasteiger partial charge is 0.240 e. The first-order valence-corrected chi connectivity index (χ1v) is 7.47. The van der Waals surface area contributed by atoms with Crippen LogP contribution < -0.4 is 5.32 Å². The van der Waals surface area contributed by atoms with Gasteiger partial charge in [-0.25, -0.2) is 4.98 Å². The second-order valence-electron chi connectivity index (χ2n) is 4.11. The topological polar surface area (TPSA) is 81.7 Å². The van der Waals surface area contributed by atoms with Gasteiger partial charge in [-0.2, -0.15) is 15.0 Å². The fourth-order valence-corrected chi connectivity index (χ4v) is 2.40. The number of nitrogens with zero attached hydrogens (tertiary/aromatic N) is 5. The number of hydrogen-bond acceptors (Lipinski definition) is 7. The zero-order chi connectivity index (χ0) is 14.5. The minimum Gasteiger partial charge on any atom is -0.468 e. The summed E-state index contributed by atoms with van der Waals surface area (Å²) in [5, 5.41) is 3.75. The lowest BCUT2D eigenvalue weighted by Gasteiger charge is -2.07. The van der Waals surface area contributed by atoms with E-state index in [2.05, 4.69) is 25.3 Å². The first-order chi connectivity index (χ1) is 10.3. The van der Waals surface area contributed by atoms with Crippen LogP contribution in [-0.2, 0) is 5.75 Å². The van der Waals surface area contributed by atoms with Crippen molar-refractivity contribution in [2.45, 2.75) is 17.8 Å². The SMILES string of the molecule is CCNc1nc(SCc2ccco2)nc(-n2ccnc2)n1. The van der Waals surface area contributed by atoms with Crippen LogP contribution in [0.15, 0.2) is 46.7 Å². The summed E-state index contributed by atoms with van der Waals surface area (Å²) in [5.74, 6) is 2.65. The Morgan fingerprint density at radius 3 is 3.00 bits per heavy atom. The highest BCUT2D eigenvalue weighted by Gasteiger charge is 2.09. The van der Waals surface area contributed by atoms with Gasteiger partial charge in [0.1, 0.15) is 12.1 Å². The van der Waals surface area contributed by atoms with Gasteiger partial charge in [-0.05, 0) is 19.1 Å². The van der Waals surface area contributed by atoms with Gasteiger partial charge in [0.15, 0.2) is 5.16 Å². The predicted octanol–water partition coefficient (Wildman–Crippen LogP) is 2.37. The van der Waals surface area contributed by atoms with Crippen LogP contribution >= 0.6 is 11.8 Å². The van der Waals surface area contributed by atoms with Crippen LogP contribution in [-0.4, -0.2) is 31.0 Å². The van der Waals surface area contributed by atoms with Gasteiger partial charge in [0, 0.05) is 18.9 Å². The number of furan rings is 1. The van der Waals surface area contributed by atoms with E-state index < -0.39 is 0 Å². The number of imidazole rings is 1. The minimum atomic E-state index is 0.542. The molecule has 0 bridgehead atoms. The van der Waals surface area contributed by atoms with Crippen LogP contribution in [0.4, 0.5) is 5.95 Å². The molecule has 3 rings (SSSR count). The summed E-state index contributed by atoms with van der Waals surface area (Å²) in [6.07, 6.45) is 6.80. The van der Waals surface area contributed by atoms with Crippen LogP contribution in [0, 0.1) is 0 Å². The number of rotatable bonds is 6. The van der Waals surface area contributed by atoms with Gasteiger partial charge in [-0.3, -0.25) is 4.57 Å². The molecule has 0 saturated heterocycles. The summed E-state index contributed by atoms with van der Waals surface area (Å²) in [6.45, 7) is 2.74. The zero-order valence-electron chi connectivity index (χ0n) is 11.4. The van der Waals surface area contributed by atoms with Gasteiger partial charge in [0.2, 0.25) is 11.9 Å². The van der Waals surface area contributed by atoms with Crippen molar-refractivity contribution >= 4 is 17.7 Å². The van der Waals surface area contributed by atoms with Gasteiger partial charge in [-0.1, -0.05) is 11.8 Å². The van der Waals surface area contributed by atoms with E-state index >= 15 is 0 Å². The fraction of sp³-hybridized carbons (Fsp3) is 0.231. The molecule has 0 saturated carbocycles. The van der Waals surface area contributed by atoms with E-state index in [1.165, 1.54) is 11.8 Å². The largest absolute Gasteiger partial charge is 0.468 e. The molecule has 0 fully saturated rings. The third-order valence-electron chi connectivity index (χ3n) is 2.60. The molecule has 0 amide bonds. The molecule has 0 unspecified atom stereocenters. The summed E-state index contributed by atoms with van der Waals surface area (Å²) < 4.78 is 7.06. The maximum Gasteiger partial charge on any atom is 0.240 e. The molecular formula is C13H14N6OS. The molecule has 0 aliphatic carbocycles. The number of aromatic nitrogens is 5. The monoisotopic (exact) mass is 302 g/mol. The van der Waals surface area contributed by atoms with Crippen molar-refractivity contribution in [3.8, 4) is 5.95 Å². The second-order valence-corrected chi connectivity index (χ2v) is 5.05. The molecule has 3 heterocycles. The van der Waals surface area contributed by atoms with Crippen molar-refractivity contribution < 1.29 is 4.42 Å². The molecule has 0 aliphatic heterocycles. The number of anilines is 1. The van der Waals surface area contributed by atoms with E-state index in [0.717, 1.165) is 12.3 Å². The fourth-order valence-electron chi connectivity index (χ4n) is 1.67. The molecule has 3 aromatic rings. The van der Waals surface area contributed by atoms with Gasteiger partial charge in [-0.15, -0.1) is 0 Å². The highest BCUT2D eigenvalue weighted by atomic mass is 32.2. The summed E-state index contributed by atoms with van der Waals surface area (Å²) in [5.41, 5.74) is 0. The molecule has 0 atom stereocenters. The molecule has 8 heteroatoms. The lowest BCUT2D eigenvalue weighted by Crippen LogP contribution is -2.08. The lowest BCUT2D eigenvalue weighted by atomic mass is 10.5. The summed E-state index contributed by atoms with van der Waals surface area (Å²) in [4.78, 5) is 17.2. The zero-order valence-corrected chi connectivity index (χ0v) is 12.2. The van der Waals surface area contributed by atoms with Crippen molar-refractivity contribution in [1.82, 2.24) is 24.5 Å². The quantitative estimate of drug-likeness (QED) is 0.700. The maximum absolute atomic E-state index is 5.31. The van der Waals surface area contributed by atoms with E-state index in [-0.39, 0.29) is 0 Å². The van der Waals surface area contributed by atoms with E-state index in [1.54, 1.807) is 29.6 Å². The molecule has 7 nitrogen and oxygen atoms in total. The molecule has 21 heavy (non-hydrogen) atoms. The Labute approximate surface area is 125 Å². The lowest BCUT2D eigenvalue weighted by molar-refractivity contribution is 0.530. The van der Waals surface area contributed by atoms with Crippen LogP contribution in [0.3, 0.4) is 0 Å². The predicted molar refractivity (Wildman–Crippen MR) is 79.4 cm³/mol. The van der Waals surface area contributed by atoms with E-state index in [1.807, 2.05) is 19.1 Å². The maximum atomic E-state index is 5.31.